The van der Waals surface area contributed by atoms with Crippen LogP contribution >= 0.6 is 0 Å². The Morgan fingerprint density at radius 2 is 1.19 bits per heavy atom. The summed E-state index contributed by atoms with van der Waals surface area (Å²) in [6, 6.07) is 0. The molecule has 6 aliphatic rings. The van der Waals surface area contributed by atoms with Gasteiger partial charge in [-0.05, 0) is 92.4 Å². The summed E-state index contributed by atoms with van der Waals surface area (Å²) in [5.41, 5.74) is 4.85. The quantitative estimate of drug-likeness (QED) is 0.256. The van der Waals surface area contributed by atoms with E-state index in [1.54, 1.807) is 0 Å². The molecule has 4 bridgehead atoms. The fraction of sp³-hybridized carbons (Fsp3) is 0.720. The highest BCUT2D eigenvalue weighted by atomic mass is 16.1. The second kappa shape index (κ2) is 6.80. The third-order valence-electron chi connectivity index (χ3n) is 7.50. The average Bonchev–Trinajstić information content (AvgIpc) is 2.48. The molecule has 1 heteroatoms. The molecule has 0 amide bonds. The molecule has 0 aliphatic heterocycles. The van der Waals surface area contributed by atoms with Crippen LogP contribution in [0.1, 0.15) is 91.9 Å². The van der Waals surface area contributed by atoms with E-state index in [-0.39, 0.29) is 0 Å². The highest BCUT2D eigenvalue weighted by Gasteiger charge is 2.66. The monoisotopic (exact) mass is 354 g/mol. The van der Waals surface area contributed by atoms with E-state index >= 15 is 0 Å². The molecule has 0 atom stereocenters. The van der Waals surface area contributed by atoms with E-state index in [2.05, 4.69) is 39.5 Å². The molecular weight excluding hydrogens is 316 g/mol. The summed E-state index contributed by atoms with van der Waals surface area (Å²) in [7, 11) is 0. The van der Waals surface area contributed by atoms with E-state index in [0.717, 1.165) is 17.3 Å². The second-order valence-electron chi connectivity index (χ2n) is 10.4. The zero-order valence-electron chi connectivity index (χ0n) is 17.5. The lowest BCUT2D eigenvalue weighted by Crippen LogP contribution is -2.60. The number of hydrogen-bond acceptors (Lipinski definition) is 1. The highest BCUT2D eigenvalue weighted by molar-refractivity contribution is 5.72. The Morgan fingerprint density at radius 3 is 1.50 bits per heavy atom. The molecule has 6 saturated carbocycles. The first-order valence-corrected chi connectivity index (χ1v) is 10.7. The van der Waals surface area contributed by atoms with Crippen molar-refractivity contribution in [2.75, 3.05) is 0 Å². The smallest absolute Gasteiger partial charge is 0.145 e. The van der Waals surface area contributed by atoms with Crippen molar-refractivity contribution in [1.82, 2.24) is 0 Å². The predicted octanol–water partition coefficient (Wildman–Crippen LogP) is 7.19. The lowest BCUT2D eigenvalue weighted by Gasteiger charge is -2.70. The number of carbonyl (C=O) groups excluding carboxylic acids is 1. The van der Waals surface area contributed by atoms with Gasteiger partial charge in [0.1, 0.15) is 6.29 Å². The maximum Gasteiger partial charge on any atom is 0.145 e. The van der Waals surface area contributed by atoms with Crippen molar-refractivity contribution in [2.45, 2.75) is 91.9 Å². The van der Waals surface area contributed by atoms with Crippen LogP contribution in [0.2, 0.25) is 0 Å². The van der Waals surface area contributed by atoms with Crippen molar-refractivity contribution < 1.29 is 4.79 Å². The molecule has 6 aliphatic carbocycles. The minimum atomic E-state index is 0.458. The lowest BCUT2D eigenvalue weighted by atomic mass is 9.34. The first kappa shape index (κ1) is 19.6. The molecule has 144 valence electrons. The van der Waals surface area contributed by atoms with Crippen LogP contribution in [0.3, 0.4) is 0 Å². The molecule has 0 radical (unpaired) electrons. The van der Waals surface area contributed by atoms with Crippen LogP contribution in [0.25, 0.3) is 0 Å². The zero-order chi connectivity index (χ0) is 19.1. The fourth-order valence-electron chi connectivity index (χ4n) is 7.13. The molecule has 0 unspecified atom stereocenters. The Hall–Kier alpha value is -1.11. The van der Waals surface area contributed by atoms with Crippen molar-refractivity contribution in [3.63, 3.8) is 0 Å². The molecule has 26 heavy (non-hydrogen) atoms. The van der Waals surface area contributed by atoms with Gasteiger partial charge in [0.05, 0.1) is 0 Å². The molecule has 1 nitrogen and oxygen atoms in total. The van der Waals surface area contributed by atoms with Crippen molar-refractivity contribution >= 4 is 6.29 Å². The Balaban J connectivity index is 0.000000151. The second-order valence-corrected chi connectivity index (χ2v) is 10.4. The van der Waals surface area contributed by atoms with Crippen LogP contribution in [0.4, 0.5) is 0 Å². The highest BCUT2D eigenvalue weighted by Crippen LogP contribution is 2.76. The van der Waals surface area contributed by atoms with E-state index in [1.165, 1.54) is 69.8 Å². The molecule has 0 saturated heterocycles. The molecule has 0 aromatic heterocycles. The van der Waals surface area contributed by atoms with Gasteiger partial charge < -0.3 is 0 Å². The van der Waals surface area contributed by atoms with Crippen molar-refractivity contribution in [3.8, 4) is 0 Å². The third kappa shape index (κ3) is 3.39. The SMILES string of the molecule is C=C/C(C)=C/C12CC(CCC)(C1)C2.CCCC12CC(/C=C(\C)C=O)(C1)C2. The first-order chi connectivity index (χ1) is 12.3. The Bertz CT molecular complexity index is 537. The van der Waals surface area contributed by atoms with E-state index in [9.17, 15) is 4.79 Å². The summed E-state index contributed by atoms with van der Waals surface area (Å²) in [6.45, 7) is 12.5. The topological polar surface area (TPSA) is 17.1 Å². The predicted molar refractivity (Wildman–Crippen MR) is 111 cm³/mol. The van der Waals surface area contributed by atoms with Gasteiger partial charge in [-0.25, -0.2) is 0 Å². The summed E-state index contributed by atoms with van der Waals surface area (Å²) in [4.78, 5) is 10.5. The van der Waals surface area contributed by atoms with Crippen LogP contribution in [0.5, 0.6) is 0 Å². The van der Waals surface area contributed by atoms with Gasteiger partial charge in [0.25, 0.3) is 0 Å². The van der Waals surface area contributed by atoms with Crippen LogP contribution in [-0.2, 0) is 4.79 Å². The van der Waals surface area contributed by atoms with E-state index < -0.39 is 0 Å². The summed E-state index contributed by atoms with van der Waals surface area (Å²) in [5, 5.41) is 0. The van der Waals surface area contributed by atoms with Gasteiger partial charge in [0.15, 0.2) is 0 Å². The van der Waals surface area contributed by atoms with Gasteiger partial charge in [0.2, 0.25) is 0 Å². The Morgan fingerprint density at radius 1 is 0.808 bits per heavy atom. The minimum absolute atomic E-state index is 0.458. The normalized spacial score (nSPS) is 42.2. The molecule has 0 aromatic carbocycles. The third-order valence-corrected chi connectivity index (χ3v) is 7.50. The standard InChI is InChI=1S/C13H20.C12H18O/c1-4-6-12-8-13(9-12,10-12)7-11(3)5-2;1-3-4-11-7-12(8-11,9-11)5-10(2)6-13/h5,7H,2,4,6,8-10H2,1,3H3;5-6H,3-4,7-9H2,1-2H3/b11-7+;10-5+. The van der Waals surface area contributed by atoms with Crippen LogP contribution in [-0.4, -0.2) is 6.29 Å². The Labute approximate surface area is 161 Å². The molecule has 0 heterocycles. The first-order valence-electron chi connectivity index (χ1n) is 10.7. The van der Waals surface area contributed by atoms with Gasteiger partial charge in [-0.1, -0.05) is 57.1 Å². The van der Waals surface area contributed by atoms with E-state index in [1.807, 2.05) is 13.0 Å². The van der Waals surface area contributed by atoms with Gasteiger partial charge in [-0.15, -0.1) is 0 Å². The molecule has 6 fully saturated rings. The number of allylic oxidation sites excluding steroid dienone is 5. The Kier molecular flexibility index (Phi) is 5.14. The maximum atomic E-state index is 10.5. The van der Waals surface area contributed by atoms with Crippen molar-refractivity contribution in [2.24, 2.45) is 21.7 Å². The molecular formula is C25H38O. The number of rotatable bonds is 8. The molecule has 0 aromatic rings. The van der Waals surface area contributed by atoms with E-state index in [0.29, 0.717) is 16.2 Å². The summed E-state index contributed by atoms with van der Waals surface area (Å²) in [5.74, 6) is 0. The van der Waals surface area contributed by atoms with Crippen molar-refractivity contribution in [1.29, 1.82) is 0 Å². The van der Waals surface area contributed by atoms with Gasteiger partial charge in [-0.2, -0.15) is 0 Å². The average molecular weight is 355 g/mol. The van der Waals surface area contributed by atoms with Gasteiger partial charge in [0, 0.05) is 0 Å². The summed E-state index contributed by atoms with van der Waals surface area (Å²) < 4.78 is 0. The van der Waals surface area contributed by atoms with Crippen LogP contribution in [0, 0.1) is 21.7 Å². The summed E-state index contributed by atoms with van der Waals surface area (Å²) in [6.07, 6.45) is 21.5. The largest absolute Gasteiger partial charge is 0.298 e. The zero-order valence-corrected chi connectivity index (χ0v) is 17.5. The molecule has 6 rings (SSSR count). The maximum absolute atomic E-state index is 10.5. The molecule has 0 spiro atoms. The van der Waals surface area contributed by atoms with Gasteiger partial charge >= 0.3 is 0 Å². The molecule has 0 N–H and O–H groups in total. The number of hydrogen-bond donors (Lipinski definition) is 0. The number of carbonyl (C=O) groups is 1. The van der Waals surface area contributed by atoms with Crippen LogP contribution < -0.4 is 0 Å². The number of aldehydes is 1. The fourth-order valence-corrected chi connectivity index (χ4v) is 7.13. The van der Waals surface area contributed by atoms with Crippen molar-refractivity contribution in [3.05, 3.63) is 36.0 Å². The van der Waals surface area contributed by atoms with E-state index in [4.69, 9.17) is 0 Å². The van der Waals surface area contributed by atoms with Gasteiger partial charge in [-0.3, -0.25) is 4.79 Å². The summed E-state index contributed by atoms with van der Waals surface area (Å²) >= 11 is 0. The van der Waals surface area contributed by atoms with Crippen LogP contribution in [0.15, 0.2) is 36.0 Å². The minimum Gasteiger partial charge on any atom is -0.298 e. The lowest BCUT2D eigenvalue weighted by molar-refractivity contribution is -0.174.